The van der Waals surface area contributed by atoms with E-state index in [9.17, 15) is 23.1 Å². The topological polar surface area (TPSA) is 66.8 Å². The quantitative estimate of drug-likeness (QED) is 0.425. The Morgan fingerprint density at radius 1 is 0.935 bits per heavy atom. The van der Waals surface area contributed by atoms with Gasteiger partial charge in [-0.05, 0) is 79.3 Å². The van der Waals surface area contributed by atoms with Crippen molar-refractivity contribution in [3.8, 4) is 22.6 Å². The SMILES string of the molecule is CCCCc1ccc(-c2ccc(Oc3c(C)cc(P(=O)(O)O)cc3C)cc2F)cc1F. The van der Waals surface area contributed by atoms with Gasteiger partial charge in [0, 0.05) is 11.6 Å². The van der Waals surface area contributed by atoms with Gasteiger partial charge in [-0.25, -0.2) is 8.78 Å². The van der Waals surface area contributed by atoms with Gasteiger partial charge in [0.1, 0.15) is 23.1 Å². The molecule has 164 valence electrons. The van der Waals surface area contributed by atoms with Gasteiger partial charge in [0.25, 0.3) is 0 Å². The van der Waals surface area contributed by atoms with E-state index in [2.05, 4.69) is 0 Å². The molecule has 31 heavy (non-hydrogen) atoms. The molecule has 0 saturated carbocycles. The summed E-state index contributed by atoms with van der Waals surface area (Å²) in [6.07, 6.45) is 2.51. The first kappa shape index (κ1) is 23.1. The van der Waals surface area contributed by atoms with Crippen molar-refractivity contribution in [2.24, 2.45) is 0 Å². The van der Waals surface area contributed by atoms with E-state index in [1.54, 1.807) is 32.0 Å². The number of ether oxygens (including phenoxy) is 1. The lowest BCUT2D eigenvalue weighted by molar-refractivity contribution is 0.387. The summed E-state index contributed by atoms with van der Waals surface area (Å²) in [7, 11) is -4.38. The Morgan fingerprint density at radius 2 is 1.61 bits per heavy atom. The molecule has 0 aliphatic heterocycles. The molecule has 0 radical (unpaired) electrons. The third-order valence-corrected chi connectivity index (χ3v) is 6.04. The van der Waals surface area contributed by atoms with Crippen LogP contribution in [0.1, 0.15) is 36.5 Å². The highest BCUT2D eigenvalue weighted by molar-refractivity contribution is 7.60. The van der Waals surface area contributed by atoms with E-state index in [1.165, 1.54) is 30.3 Å². The van der Waals surface area contributed by atoms with Gasteiger partial charge >= 0.3 is 7.60 Å². The number of aryl methyl sites for hydroxylation is 3. The first-order chi connectivity index (χ1) is 14.6. The Kier molecular flexibility index (Phi) is 6.95. The average molecular weight is 446 g/mol. The van der Waals surface area contributed by atoms with E-state index in [4.69, 9.17) is 4.74 Å². The summed E-state index contributed by atoms with van der Waals surface area (Å²) in [4.78, 5) is 18.7. The minimum atomic E-state index is -4.38. The monoisotopic (exact) mass is 446 g/mol. The molecule has 0 aliphatic rings. The summed E-state index contributed by atoms with van der Waals surface area (Å²) in [6.45, 7) is 5.37. The molecule has 7 heteroatoms. The largest absolute Gasteiger partial charge is 0.457 e. The zero-order valence-corrected chi connectivity index (χ0v) is 18.5. The van der Waals surface area contributed by atoms with Crippen LogP contribution in [0.2, 0.25) is 0 Å². The molecule has 3 aromatic rings. The van der Waals surface area contributed by atoms with E-state index in [-0.39, 0.29) is 22.4 Å². The van der Waals surface area contributed by atoms with Crippen molar-refractivity contribution < 1.29 is 27.9 Å². The van der Waals surface area contributed by atoms with Crippen molar-refractivity contribution in [3.63, 3.8) is 0 Å². The maximum Gasteiger partial charge on any atom is 0.356 e. The van der Waals surface area contributed by atoms with Crippen LogP contribution in [0.4, 0.5) is 8.78 Å². The molecule has 4 nitrogen and oxygen atoms in total. The first-order valence-corrected chi connectivity index (χ1v) is 11.6. The van der Waals surface area contributed by atoms with Crippen LogP contribution in [0.25, 0.3) is 11.1 Å². The molecule has 0 aromatic heterocycles. The third-order valence-electron chi connectivity index (χ3n) is 5.11. The van der Waals surface area contributed by atoms with Crippen molar-refractivity contribution in [1.82, 2.24) is 0 Å². The number of benzene rings is 3. The van der Waals surface area contributed by atoms with Crippen LogP contribution >= 0.6 is 7.60 Å². The van der Waals surface area contributed by atoms with Crippen LogP contribution in [0.3, 0.4) is 0 Å². The molecule has 0 aliphatic carbocycles. The van der Waals surface area contributed by atoms with Gasteiger partial charge in [0.05, 0.1) is 5.30 Å². The maximum atomic E-state index is 14.8. The molecule has 0 amide bonds. The van der Waals surface area contributed by atoms with Gasteiger partial charge in [-0.2, -0.15) is 0 Å². The summed E-state index contributed by atoms with van der Waals surface area (Å²) in [5.74, 6) is -0.269. The van der Waals surface area contributed by atoms with E-state index >= 15 is 0 Å². The van der Waals surface area contributed by atoms with E-state index < -0.39 is 13.4 Å². The molecule has 3 aromatic carbocycles. The summed E-state index contributed by atoms with van der Waals surface area (Å²) in [6, 6.07) is 11.8. The van der Waals surface area contributed by atoms with Gasteiger partial charge < -0.3 is 14.5 Å². The fourth-order valence-electron chi connectivity index (χ4n) is 3.45. The van der Waals surface area contributed by atoms with Crippen molar-refractivity contribution in [1.29, 1.82) is 0 Å². The Bertz CT molecular complexity index is 1130. The van der Waals surface area contributed by atoms with Gasteiger partial charge in [0.15, 0.2) is 0 Å². The predicted molar refractivity (Wildman–Crippen MR) is 118 cm³/mol. The minimum absolute atomic E-state index is 0.0965. The highest BCUT2D eigenvalue weighted by Crippen LogP contribution is 2.38. The Morgan fingerprint density at radius 3 is 2.16 bits per heavy atom. The zero-order valence-electron chi connectivity index (χ0n) is 17.7. The van der Waals surface area contributed by atoms with Crippen molar-refractivity contribution in [2.75, 3.05) is 0 Å². The molecule has 0 fully saturated rings. The average Bonchev–Trinajstić information content (AvgIpc) is 2.69. The second kappa shape index (κ2) is 9.31. The lowest BCUT2D eigenvalue weighted by atomic mass is 10.0. The Balaban J connectivity index is 1.87. The smallest absolute Gasteiger partial charge is 0.356 e. The lowest BCUT2D eigenvalue weighted by Gasteiger charge is -2.15. The molecule has 2 N–H and O–H groups in total. The number of hydrogen-bond donors (Lipinski definition) is 2. The van der Waals surface area contributed by atoms with E-state index in [1.807, 2.05) is 6.92 Å². The second-order valence-electron chi connectivity index (χ2n) is 7.61. The normalized spacial score (nSPS) is 11.6. The van der Waals surface area contributed by atoms with Crippen molar-refractivity contribution in [2.45, 2.75) is 40.0 Å². The first-order valence-electron chi connectivity index (χ1n) is 10.0. The molecule has 0 atom stereocenters. The third kappa shape index (κ3) is 5.40. The highest BCUT2D eigenvalue weighted by atomic mass is 31.2. The molecule has 3 rings (SSSR count). The van der Waals surface area contributed by atoms with Crippen molar-refractivity contribution in [3.05, 3.63) is 76.9 Å². The summed E-state index contributed by atoms with van der Waals surface area (Å²) >= 11 is 0. The van der Waals surface area contributed by atoms with E-state index in [0.29, 0.717) is 34.4 Å². The predicted octanol–water partition coefficient (Wildman–Crippen LogP) is 6.19. The molecule has 0 saturated heterocycles. The second-order valence-corrected chi connectivity index (χ2v) is 9.21. The van der Waals surface area contributed by atoms with Crippen LogP contribution < -0.4 is 10.0 Å². The fourth-order valence-corrected chi connectivity index (χ4v) is 4.18. The fraction of sp³-hybridized carbons (Fsp3) is 0.250. The minimum Gasteiger partial charge on any atom is -0.457 e. The molecule has 0 spiro atoms. The number of unbranched alkanes of at least 4 members (excludes halogenated alkanes) is 1. The maximum absolute atomic E-state index is 14.8. The lowest BCUT2D eigenvalue weighted by Crippen LogP contribution is -2.07. The Hall–Kier alpha value is -2.53. The van der Waals surface area contributed by atoms with Crippen LogP contribution in [0.5, 0.6) is 11.5 Å². The van der Waals surface area contributed by atoms with Gasteiger partial charge in [-0.15, -0.1) is 0 Å². The standard InChI is InChI=1S/C24H25F2O4P/c1-4-5-6-17-7-8-18(13-22(17)25)21-10-9-19(14-23(21)26)30-24-15(2)11-20(12-16(24)3)31(27,28)29/h7-14H,4-6H2,1-3H3,(H2,27,28,29). The van der Waals surface area contributed by atoms with Crippen LogP contribution in [0.15, 0.2) is 48.5 Å². The number of rotatable bonds is 7. The van der Waals surface area contributed by atoms with Crippen LogP contribution in [-0.2, 0) is 11.0 Å². The molecule has 0 bridgehead atoms. The molecule has 0 heterocycles. The molecule has 0 unspecified atom stereocenters. The van der Waals surface area contributed by atoms with Crippen LogP contribution in [-0.4, -0.2) is 9.79 Å². The number of hydrogen-bond acceptors (Lipinski definition) is 2. The van der Waals surface area contributed by atoms with Gasteiger partial charge in [0.2, 0.25) is 0 Å². The molecular weight excluding hydrogens is 421 g/mol. The van der Waals surface area contributed by atoms with Gasteiger partial charge in [-0.1, -0.05) is 25.5 Å². The molecular formula is C24H25F2O4P. The summed E-state index contributed by atoms with van der Waals surface area (Å²) < 4.78 is 46.4. The highest BCUT2D eigenvalue weighted by Gasteiger charge is 2.20. The van der Waals surface area contributed by atoms with Crippen molar-refractivity contribution >= 4 is 12.9 Å². The summed E-state index contributed by atoms with van der Waals surface area (Å²) in [5.41, 5.74) is 2.37. The number of halogens is 2. The zero-order chi connectivity index (χ0) is 22.8. The van der Waals surface area contributed by atoms with Gasteiger partial charge in [-0.3, -0.25) is 4.57 Å². The Labute approximate surface area is 180 Å². The van der Waals surface area contributed by atoms with Crippen LogP contribution in [0, 0.1) is 25.5 Å². The van der Waals surface area contributed by atoms with E-state index in [0.717, 1.165) is 12.8 Å². The summed E-state index contributed by atoms with van der Waals surface area (Å²) in [5, 5.41) is -0.0965.